The number of allylic oxidation sites excluding steroid dienone is 1. The van der Waals surface area contributed by atoms with Crippen LogP contribution in [0.4, 0.5) is 5.69 Å². The SMILES string of the molecule is CN(C)CC(=O)Nc1ccc(C#Cc2ccc(O)c3c2C[C@@H]2C[C@H]4[C@@H](N(C)C)C(O)=C(C(N)=O)C(=O)[C@@]4(O)C(O)=C2C3=O)cc1. The second-order valence-electron chi connectivity index (χ2n) is 12.1. The average Bonchev–Trinajstić information content (AvgIpc) is 2.94. The quantitative estimate of drug-likeness (QED) is 0.209. The highest BCUT2D eigenvalue weighted by Gasteiger charge is 2.63. The summed E-state index contributed by atoms with van der Waals surface area (Å²) >= 11 is 0. The summed E-state index contributed by atoms with van der Waals surface area (Å²) in [5, 5.41) is 47.6. The summed E-state index contributed by atoms with van der Waals surface area (Å²) in [5.41, 5.74) is 3.61. The summed E-state index contributed by atoms with van der Waals surface area (Å²) in [7, 11) is 6.73. The molecular weight excluding hydrogens is 580 g/mol. The van der Waals surface area contributed by atoms with Crippen LogP contribution in [0.15, 0.2) is 59.1 Å². The van der Waals surface area contributed by atoms with Crippen LogP contribution in [0, 0.1) is 23.7 Å². The van der Waals surface area contributed by atoms with Gasteiger partial charge in [0, 0.05) is 28.3 Å². The predicted octanol–water partition coefficient (Wildman–Crippen LogP) is 1.02. The Morgan fingerprint density at radius 1 is 1.02 bits per heavy atom. The van der Waals surface area contributed by atoms with E-state index in [1.807, 2.05) is 0 Å². The van der Waals surface area contributed by atoms with Crippen molar-refractivity contribution >= 4 is 29.1 Å². The number of Topliss-reactive ketones (excluding diaryl/α,β-unsaturated/α-hetero) is 2. The van der Waals surface area contributed by atoms with E-state index in [-0.39, 0.29) is 42.2 Å². The normalized spacial score (nSPS) is 24.1. The third kappa shape index (κ3) is 5.25. The number of carbonyl (C=O) groups excluding carboxylic acids is 4. The number of phenolic OH excluding ortho intramolecular Hbond substituents is 1. The number of aliphatic hydroxyl groups excluding tert-OH is 2. The zero-order valence-electron chi connectivity index (χ0n) is 25.2. The molecule has 3 aliphatic carbocycles. The van der Waals surface area contributed by atoms with E-state index in [4.69, 9.17) is 5.73 Å². The van der Waals surface area contributed by atoms with E-state index < -0.39 is 58.0 Å². The van der Waals surface area contributed by atoms with E-state index in [1.165, 1.54) is 11.0 Å². The van der Waals surface area contributed by atoms with Gasteiger partial charge in [0.15, 0.2) is 11.4 Å². The zero-order chi connectivity index (χ0) is 33.0. The topological polar surface area (TPSA) is 194 Å². The summed E-state index contributed by atoms with van der Waals surface area (Å²) in [6, 6.07) is 8.72. The first-order valence-electron chi connectivity index (χ1n) is 14.2. The Labute approximate surface area is 259 Å². The molecule has 2 amide bonds. The lowest BCUT2D eigenvalue weighted by molar-refractivity contribution is -0.148. The van der Waals surface area contributed by atoms with Crippen LogP contribution < -0.4 is 11.1 Å². The van der Waals surface area contributed by atoms with E-state index >= 15 is 0 Å². The number of aliphatic hydroxyl groups is 3. The summed E-state index contributed by atoms with van der Waals surface area (Å²) in [6.45, 7) is 0.236. The van der Waals surface area contributed by atoms with Gasteiger partial charge in [-0.3, -0.25) is 24.1 Å². The molecule has 12 nitrogen and oxygen atoms in total. The Morgan fingerprint density at radius 3 is 2.29 bits per heavy atom. The maximum absolute atomic E-state index is 13.9. The summed E-state index contributed by atoms with van der Waals surface area (Å²) in [5.74, 6) is -1.13. The molecular formula is C33H34N4O8. The van der Waals surface area contributed by atoms with Gasteiger partial charge in [0.05, 0.1) is 18.2 Å². The number of fused-ring (bicyclic) bond motifs is 3. The third-order valence-corrected chi connectivity index (χ3v) is 8.58. The van der Waals surface area contributed by atoms with Gasteiger partial charge in [0.1, 0.15) is 22.8 Å². The minimum atomic E-state index is -2.70. The molecule has 0 fully saturated rings. The zero-order valence-corrected chi connectivity index (χ0v) is 25.2. The van der Waals surface area contributed by atoms with Crippen molar-refractivity contribution in [2.75, 3.05) is 40.1 Å². The maximum Gasteiger partial charge on any atom is 0.255 e. The van der Waals surface area contributed by atoms with Gasteiger partial charge < -0.3 is 36.4 Å². The van der Waals surface area contributed by atoms with Crippen LogP contribution >= 0.6 is 0 Å². The third-order valence-electron chi connectivity index (χ3n) is 8.58. The molecule has 0 saturated carbocycles. The first-order valence-corrected chi connectivity index (χ1v) is 14.2. The highest BCUT2D eigenvalue weighted by Crippen LogP contribution is 2.52. The molecule has 4 atom stereocenters. The number of benzene rings is 2. The predicted molar refractivity (Wildman–Crippen MR) is 163 cm³/mol. The molecule has 0 unspecified atom stereocenters. The molecule has 0 saturated heterocycles. The van der Waals surface area contributed by atoms with Crippen molar-refractivity contribution in [1.82, 2.24) is 9.80 Å². The van der Waals surface area contributed by atoms with Crippen molar-refractivity contribution in [2.45, 2.75) is 24.5 Å². The number of primary amides is 1. The largest absolute Gasteiger partial charge is 0.510 e. The molecule has 3 aliphatic rings. The van der Waals surface area contributed by atoms with Crippen LogP contribution in [-0.4, -0.2) is 100.0 Å². The molecule has 12 heteroatoms. The lowest BCUT2D eigenvalue weighted by Crippen LogP contribution is -2.63. The molecule has 2 aromatic rings. The standard InChI is InChI=1S/C33H34N4O8/c1-36(2)15-23(39)35-19-10-6-16(7-11-19)5-8-17-9-12-22(38)25-20(17)13-18-14-21-27(37(3)4)29(41)26(32(34)44)31(43)33(21,45)30(42)24(18)28(25)40/h6-7,9-12,18,21,27,38,41-42,45H,13-15H2,1-4H3,(H2,34,44)(H,35,39)/t18-,21+,27-,33+/m1/s1. The lowest BCUT2D eigenvalue weighted by atomic mass is 9.58. The monoisotopic (exact) mass is 614 g/mol. The summed E-state index contributed by atoms with van der Waals surface area (Å²) in [6.07, 6.45) is 0.110. The molecule has 0 aliphatic heterocycles. The van der Waals surface area contributed by atoms with Gasteiger partial charge >= 0.3 is 0 Å². The fourth-order valence-electron chi connectivity index (χ4n) is 6.63. The first kappa shape index (κ1) is 31.5. The van der Waals surface area contributed by atoms with Gasteiger partial charge in [0.2, 0.25) is 11.7 Å². The minimum Gasteiger partial charge on any atom is -0.510 e. The average molecular weight is 615 g/mol. The van der Waals surface area contributed by atoms with E-state index in [0.717, 1.165) is 0 Å². The van der Waals surface area contributed by atoms with E-state index in [0.29, 0.717) is 22.4 Å². The number of rotatable bonds is 5. The highest BCUT2D eigenvalue weighted by molar-refractivity contribution is 6.24. The molecule has 0 bridgehead atoms. The van der Waals surface area contributed by atoms with Crippen LogP contribution in [0.1, 0.15) is 33.5 Å². The van der Waals surface area contributed by atoms with E-state index in [9.17, 15) is 39.6 Å². The second kappa shape index (κ2) is 11.5. The Hall–Kier alpha value is -4.96. The Morgan fingerprint density at radius 2 is 1.69 bits per heavy atom. The number of phenols is 1. The van der Waals surface area contributed by atoms with Crippen molar-refractivity contribution in [3.8, 4) is 17.6 Å². The number of anilines is 1. The number of aromatic hydroxyl groups is 1. The summed E-state index contributed by atoms with van der Waals surface area (Å²) < 4.78 is 0. The minimum absolute atomic E-state index is 0.0186. The number of likely N-dealkylation sites (N-methyl/N-ethyl adjacent to an activating group) is 2. The smallest absolute Gasteiger partial charge is 0.255 e. The Balaban J connectivity index is 1.53. The molecule has 234 valence electrons. The van der Waals surface area contributed by atoms with Gasteiger partial charge in [-0.05, 0) is 88.9 Å². The number of carbonyl (C=O) groups is 4. The number of hydrogen-bond donors (Lipinski definition) is 6. The second-order valence-corrected chi connectivity index (χ2v) is 12.1. The fraction of sp³-hybridized carbons (Fsp3) is 0.333. The molecule has 5 rings (SSSR count). The van der Waals surface area contributed by atoms with Crippen molar-refractivity contribution in [3.05, 3.63) is 81.3 Å². The molecule has 2 aromatic carbocycles. The van der Waals surface area contributed by atoms with Crippen LogP contribution in [0.2, 0.25) is 0 Å². The van der Waals surface area contributed by atoms with Crippen molar-refractivity contribution in [2.24, 2.45) is 17.6 Å². The molecule has 45 heavy (non-hydrogen) atoms. The molecule has 0 radical (unpaired) electrons. The van der Waals surface area contributed by atoms with Crippen molar-refractivity contribution < 1.29 is 39.6 Å². The number of amides is 2. The number of ketones is 2. The Bertz CT molecular complexity index is 1760. The molecule has 0 heterocycles. The summed E-state index contributed by atoms with van der Waals surface area (Å²) in [4.78, 5) is 54.7. The lowest BCUT2D eigenvalue weighted by Gasteiger charge is -2.50. The van der Waals surface area contributed by atoms with Gasteiger partial charge in [-0.2, -0.15) is 0 Å². The van der Waals surface area contributed by atoms with E-state index in [2.05, 4.69) is 17.2 Å². The van der Waals surface area contributed by atoms with Crippen LogP contribution in [0.3, 0.4) is 0 Å². The van der Waals surface area contributed by atoms with Crippen molar-refractivity contribution in [1.29, 1.82) is 0 Å². The first-order chi connectivity index (χ1) is 21.2. The van der Waals surface area contributed by atoms with Crippen molar-refractivity contribution in [3.63, 3.8) is 0 Å². The maximum atomic E-state index is 13.9. The highest BCUT2D eigenvalue weighted by atomic mass is 16.3. The number of nitrogens with two attached hydrogens (primary N) is 1. The number of hydrogen-bond acceptors (Lipinski definition) is 10. The number of nitrogens with one attached hydrogen (secondary N) is 1. The molecule has 7 N–H and O–H groups in total. The molecule has 0 spiro atoms. The number of nitrogens with zero attached hydrogens (tertiary/aromatic N) is 2. The van der Waals surface area contributed by atoms with Crippen LogP contribution in [0.25, 0.3) is 0 Å². The molecule has 0 aromatic heterocycles. The Kier molecular flexibility index (Phi) is 8.05. The fourth-order valence-corrected chi connectivity index (χ4v) is 6.63. The van der Waals surface area contributed by atoms with Gasteiger partial charge in [0.25, 0.3) is 5.91 Å². The van der Waals surface area contributed by atoms with Gasteiger partial charge in [-0.1, -0.05) is 11.8 Å². The van der Waals surface area contributed by atoms with Gasteiger partial charge in [-0.25, -0.2) is 0 Å². The van der Waals surface area contributed by atoms with Crippen LogP contribution in [0.5, 0.6) is 5.75 Å². The van der Waals surface area contributed by atoms with Crippen LogP contribution in [-0.2, 0) is 20.8 Å². The van der Waals surface area contributed by atoms with E-state index in [1.54, 1.807) is 63.4 Å². The van der Waals surface area contributed by atoms with Gasteiger partial charge in [-0.15, -0.1) is 0 Å².